The highest BCUT2D eigenvalue weighted by Crippen LogP contribution is 2.22. The number of benzene rings is 1. The second-order valence-electron chi connectivity index (χ2n) is 5.45. The van der Waals surface area contributed by atoms with Gasteiger partial charge in [-0.1, -0.05) is 45.1 Å². The molecule has 2 N–H and O–H groups in total. The molecule has 0 aromatic heterocycles. The topological polar surface area (TPSA) is 46.3 Å². The molecule has 0 aliphatic carbocycles. The van der Waals surface area contributed by atoms with Crippen molar-refractivity contribution in [3.05, 3.63) is 35.4 Å². The monoisotopic (exact) mass is 264 g/mol. The Bertz CT molecular complexity index is 446. The summed E-state index contributed by atoms with van der Waals surface area (Å²) in [6.07, 6.45) is 0. The van der Waals surface area contributed by atoms with E-state index >= 15 is 0 Å². The van der Waals surface area contributed by atoms with Crippen molar-refractivity contribution in [2.24, 2.45) is 5.73 Å². The van der Waals surface area contributed by atoms with Crippen LogP contribution >= 0.6 is 12.2 Å². The average Bonchev–Trinajstić information content (AvgIpc) is 2.26. The van der Waals surface area contributed by atoms with Crippen LogP contribution in [-0.2, 0) is 5.41 Å². The summed E-state index contributed by atoms with van der Waals surface area (Å²) >= 11 is 4.79. The number of nitrogens with zero attached hydrogens (tertiary/aromatic N) is 1. The van der Waals surface area contributed by atoms with Crippen molar-refractivity contribution in [2.75, 3.05) is 13.6 Å². The van der Waals surface area contributed by atoms with E-state index in [4.69, 9.17) is 18.0 Å². The highest BCUT2D eigenvalue weighted by atomic mass is 32.1. The highest BCUT2D eigenvalue weighted by Gasteiger charge is 2.16. The molecular weight excluding hydrogens is 244 g/mol. The van der Waals surface area contributed by atoms with Gasteiger partial charge in [-0.05, 0) is 23.1 Å². The number of hydrogen-bond donors (Lipinski definition) is 1. The van der Waals surface area contributed by atoms with Gasteiger partial charge >= 0.3 is 0 Å². The van der Waals surface area contributed by atoms with Gasteiger partial charge in [-0.25, -0.2) is 0 Å². The number of likely N-dealkylation sites (N-methyl/N-ethyl adjacent to an activating group) is 1. The largest absolute Gasteiger partial charge is 0.392 e. The molecule has 0 radical (unpaired) electrons. The van der Waals surface area contributed by atoms with E-state index in [1.807, 2.05) is 24.3 Å². The van der Waals surface area contributed by atoms with Crippen molar-refractivity contribution in [2.45, 2.75) is 26.2 Å². The van der Waals surface area contributed by atoms with Crippen molar-refractivity contribution in [1.29, 1.82) is 0 Å². The number of nitrogens with two attached hydrogens (primary N) is 1. The third-order valence-corrected chi connectivity index (χ3v) is 2.87. The van der Waals surface area contributed by atoms with E-state index in [1.54, 1.807) is 7.05 Å². The SMILES string of the molecule is CN(CC(N)=S)C(=O)c1ccc(C(C)(C)C)cc1. The third kappa shape index (κ3) is 3.81. The first-order valence-electron chi connectivity index (χ1n) is 5.86. The molecule has 18 heavy (non-hydrogen) atoms. The Morgan fingerprint density at radius 3 is 2.17 bits per heavy atom. The Hall–Kier alpha value is -1.42. The predicted molar refractivity (Wildman–Crippen MR) is 78.9 cm³/mol. The Morgan fingerprint density at radius 1 is 1.28 bits per heavy atom. The van der Waals surface area contributed by atoms with Gasteiger partial charge in [-0.2, -0.15) is 0 Å². The number of carbonyl (C=O) groups excluding carboxylic acids is 1. The van der Waals surface area contributed by atoms with Crippen LogP contribution in [0.4, 0.5) is 0 Å². The van der Waals surface area contributed by atoms with Crippen molar-refractivity contribution < 1.29 is 4.79 Å². The Kier molecular flexibility index (Phi) is 4.46. The summed E-state index contributed by atoms with van der Waals surface area (Å²) in [6.45, 7) is 6.73. The molecule has 1 aromatic carbocycles. The molecule has 0 saturated heterocycles. The first-order valence-corrected chi connectivity index (χ1v) is 6.27. The van der Waals surface area contributed by atoms with Gasteiger partial charge in [0.2, 0.25) is 0 Å². The molecule has 0 heterocycles. The zero-order valence-electron chi connectivity index (χ0n) is 11.4. The number of rotatable bonds is 3. The predicted octanol–water partition coefficient (Wildman–Crippen LogP) is 2.34. The molecular formula is C14H20N2OS. The summed E-state index contributed by atoms with van der Waals surface area (Å²) < 4.78 is 0. The van der Waals surface area contributed by atoms with Crippen LogP contribution in [0.1, 0.15) is 36.7 Å². The molecule has 0 aliphatic rings. The molecule has 0 atom stereocenters. The van der Waals surface area contributed by atoms with Crippen molar-refractivity contribution in [1.82, 2.24) is 4.90 Å². The van der Waals surface area contributed by atoms with Gasteiger partial charge in [0.1, 0.15) is 0 Å². The lowest BCUT2D eigenvalue weighted by atomic mass is 9.86. The second-order valence-corrected chi connectivity index (χ2v) is 5.98. The lowest BCUT2D eigenvalue weighted by molar-refractivity contribution is 0.0815. The minimum absolute atomic E-state index is 0.0664. The minimum atomic E-state index is -0.0664. The maximum atomic E-state index is 12.1. The van der Waals surface area contributed by atoms with Crippen LogP contribution in [-0.4, -0.2) is 29.4 Å². The van der Waals surface area contributed by atoms with Crippen LogP contribution in [0.25, 0.3) is 0 Å². The maximum Gasteiger partial charge on any atom is 0.253 e. The molecule has 1 rings (SSSR count). The molecule has 3 nitrogen and oxygen atoms in total. The number of amides is 1. The summed E-state index contributed by atoms with van der Waals surface area (Å²) in [5.41, 5.74) is 7.38. The first kappa shape index (κ1) is 14.6. The van der Waals surface area contributed by atoms with Gasteiger partial charge in [0, 0.05) is 12.6 Å². The van der Waals surface area contributed by atoms with E-state index in [-0.39, 0.29) is 11.3 Å². The maximum absolute atomic E-state index is 12.1. The molecule has 98 valence electrons. The normalized spacial score (nSPS) is 11.1. The molecule has 0 bridgehead atoms. The molecule has 1 amide bonds. The van der Waals surface area contributed by atoms with Crippen LogP contribution < -0.4 is 5.73 Å². The number of carbonyl (C=O) groups is 1. The van der Waals surface area contributed by atoms with Gasteiger partial charge in [-0.3, -0.25) is 4.79 Å². The molecule has 0 unspecified atom stereocenters. The third-order valence-electron chi connectivity index (χ3n) is 2.74. The molecule has 0 aliphatic heterocycles. The van der Waals surface area contributed by atoms with Gasteiger partial charge in [0.05, 0.1) is 11.5 Å². The van der Waals surface area contributed by atoms with Gasteiger partial charge < -0.3 is 10.6 Å². The Labute approximate surface area is 114 Å². The van der Waals surface area contributed by atoms with Crippen LogP contribution in [0, 0.1) is 0 Å². The van der Waals surface area contributed by atoms with Crippen molar-refractivity contribution >= 4 is 23.1 Å². The fourth-order valence-electron chi connectivity index (χ4n) is 1.64. The molecule has 0 saturated carbocycles. The highest BCUT2D eigenvalue weighted by molar-refractivity contribution is 7.80. The fourth-order valence-corrected chi connectivity index (χ4v) is 1.83. The second kappa shape index (κ2) is 5.48. The zero-order valence-corrected chi connectivity index (χ0v) is 12.2. The van der Waals surface area contributed by atoms with Crippen LogP contribution in [0.2, 0.25) is 0 Å². The average molecular weight is 264 g/mol. The number of hydrogen-bond acceptors (Lipinski definition) is 2. The first-order chi connectivity index (χ1) is 8.21. The van der Waals surface area contributed by atoms with E-state index in [0.29, 0.717) is 17.1 Å². The Morgan fingerprint density at radius 2 is 1.78 bits per heavy atom. The summed E-state index contributed by atoms with van der Waals surface area (Å²) in [5.74, 6) is -0.0664. The smallest absolute Gasteiger partial charge is 0.253 e. The summed E-state index contributed by atoms with van der Waals surface area (Å²) in [4.78, 5) is 13.9. The van der Waals surface area contributed by atoms with Crippen LogP contribution in [0.5, 0.6) is 0 Å². The number of thiocarbonyl (C=S) groups is 1. The van der Waals surface area contributed by atoms with Gasteiger partial charge in [0.15, 0.2) is 0 Å². The van der Waals surface area contributed by atoms with Gasteiger partial charge in [-0.15, -0.1) is 0 Å². The lowest BCUT2D eigenvalue weighted by Gasteiger charge is -2.20. The van der Waals surface area contributed by atoms with E-state index in [0.717, 1.165) is 0 Å². The van der Waals surface area contributed by atoms with Crippen molar-refractivity contribution in [3.63, 3.8) is 0 Å². The molecule has 0 spiro atoms. The lowest BCUT2D eigenvalue weighted by Crippen LogP contribution is -2.34. The van der Waals surface area contributed by atoms with E-state index in [1.165, 1.54) is 10.5 Å². The van der Waals surface area contributed by atoms with Crippen LogP contribution in [0.15, 0.2) is 24.3 Å². The summed E-state index contributed by atoms with van der Waals surface area (Å²) in [5, 5.41) is 0. The van der Waals surface area contributed by atoms with E-state index in [2.05, 4.69) is 20.8 Å². The fraction of sp³-hybridized carbons (Fsp3) is 0.429. The molecule has 0 fully saturated rings. The van der Waals surface area contributed by atoms with Crippen LogP contribution in [0.3, 0.4) is 0 Å². The Balaban J connectivity index is 2.85. The summed E-state index contributed by atoms with van der Waals surface area (Å²) in [6, 6.07) is 7.67. The van der Waals surface area contributed by atoms with Crippen molar-refractivity contribution in [3.8, 4) is 0 Å². The summed E-state index contributed by atoms with van der Waals surface area (Å²) in [7, 11) is 1.69. The molecule has 1 aromatic rings. The van der Waals surface area contributed by atoms with E-state index in [9.17, 15) is 4.79 Å². The standard InChI is InChI=1S/C14H20N2OS/c1-14(2,3)11-7-5-10(6-8-11)13(17)16(4)9-12(15)18/h5-8H,9H2,1-4H3,(H2,15,18). The van der Waals surface area contributed by atoms with Gasteiger partial charge in [0.25, 0.3) is 5.91 Å². The quantitative estimate of drug-likeness (QED) is 0.852. The zero-order chi connectivity index (χ0) is 13.9. The van der Waals surface area contributed by atoms with E-state index < -0.39 is 0 Å². The molecule has 4 heteroatoms. The minimum Gasteiger partial charge on any atom is -0.392 e.